The summed E-state index contributed by atoms with van der Waals surface area (Å²) in [6, 6.07) is 0. The van der Waals surface area contributed by atoms with Crippen LogP contribution in [0.3, 0.4) is 0 Å². The molecule has 0 aliphatic carbocycles. The molecule has 13 heavy (non-hydrogen) atoms. The number of hydrogen-bond donors (Lipinski definition) is 1. The third-order valence-corrected chi connectivity index (χ3v) is 3.51. The molecule has 2 saturated heterocycles. The molecular formula is C8H14N2O2S. The van der Waals surface area contributed by atoms with Gasteiger partial charge in [0.1, 0.15) is 5.60 Å². The van der Waals surface area contributed by atoms with Crippen LogP contribution in [0.1, 0.15) is 12.8 Å². The Bertz CT molecular complexity index is 216. The number of nitrogens with one attached hydrogen (secondary N) is 1. The standard InChI is InChI=1S/C8H14N2O2S/c1-10-6-8(12-7(11)9-10)2-4-13-5-3-8/h2-6H2,1H3,(H,9,11). The molecule has 0 atom stereocenters. The van der Waals surface area contributed by atoms with Gasteiger partial charge in [-0.2, -0.15) is 11.8 Å². The van der Waals surface area contributed by atoms with Crippen molar-refractivity contribution >= 4 is 17.9 Å². The molecule has 0 unspecified atom stereocenters. The molecule has 0 aromatic carbocycles. The van der Waals surface area contributed by atoms with Crippen molar-refractivity contribution in [2.24, 2.45) is 0 Å². The molecular weight excluding hydrogens is 188 g/mol. The molecule has 2 fully saturated rings. The van der Waals surface area contributed by atoms with Gasteiger partial charge in [-0.25, -0.2) is 9.80 Å². The first-order chi connectivity index (χ1) is 6.20. The number of rotatable bonds is 0. The van der Waals surface area contributed by atoms with Crippen molar-refractivity contribution in [3.63, 3.8) is 0 Å². The van der Waals surface area contributed by atoms with Crippen molar-refractivity contribution in [1.29, 1.82) is 0 Å². The number of likely N-dealkylation sites (N-methyl/N-ethyl adjacent to an activating group) is 1. The van der Waals surface area contributed by atoms with Crippen LogP contribution in [-0.2, 0) is 4.74 Å². The molecule has 0 aromatic heterocycles. The zero-order chi connectivity index (χ0) is 9.31. The fourth-order valence-corrected chi connectivity index (χ4v) is 3.12. The molecule has 2 heterocycles. The summed E-state index contributed by atoms with van der Waals surface area (Å²) in [5, 5.41) is 1.82. The fourth-order valence-electron chi connectivity index (χ4n) is 1.88. The van der Waals surface area contributed by atoms with E-state index in [9.17, 15) is 4.79 Å². The average Bonchev–Trinajstić information content (AvgIpc) is 2.02. The maximum absolute atomic E-state index is 11.2. The Labute approximate surface area is 82.0 Å². The van der Waals surface area contributed by atoms with E-state index in [1.165, 1.54) is 0 Å². The summed E-state index contributed by atoms with van der Waals surface area (Å²) in [6.45, 7) is 0.805. The zero-order valence-electron chi connectivity index (χ0n) is 7.71. The fraction of sp³-hybridized carbons (Fsp3) is 0.875. The first kappa shape index (κ1) is 9.15. The Morgan fingerprint density at radius 3 is 2.85 bits per heavy atom. The summed E-state index contributed by atoms with van der Waals surface area (Å²) in [4.78, 5) is 11.2. The van der Waals surface area contributed by atoms with E-state index in [0.29, 0.717) is 0 Å². The van der Waals surface area contributed by atoms with Gasteiger partial charge in [0.25, 0.3) is 0 Å². The number of nitrogens with zero attached hydrogens (tertiary/aromatic N) is 1. The molecule has 1 N–H and O–H groups in total. The van der Waals surface area contributed by atoms with Crippen LogP contribution in [0.25, 0.3) is 0 Å². The number of ether oxygens (including phenoxy) is 1. The summed E-state index contributed by atoms with van der Waals surface area (Å²) in [5.74, 6) is 2.20. The van der Waals surface area contributed by atoms with E-state index in [-0.39, 0.29) is 11.7 Å². The largest absolute Gasteiger partial charge is 0.440 e. The minimum Gasteiger partial charge on any atom is -0.440 e. The molecule has 2 aliphatic rings. The van der Waals surface area contributed by atoms with E-state index in [1.807, 2.05) is 23.8 Å². The van der Waals surface area contributed by atoms with Crippen LogP contribution >= 0.6 is 11.8 Å². The molecule has 4 nitrogen and oxygen atoms in total. The second-order valence-electron chi connectivity index (χ2n) is 3.65. The molecule has 74 valence electrons. The minimum absolute atomic E-state index is 0.206. The second-order valence-corrected chi connectivity index (χ2v) is 4.88. The highest BCUT2D eigenvalue weighted by atomic mass is 32.2. The monoisotopic (exact) mass is 202 g/mol. The van der Waals surface area contributed by atoms with Gasteiger partial charge in [0.15, 0.2) is 0 Å². The van der Waals surface area contributed by atoms with Crippen molar-refractivity contribution in [1.82, 2.24) is 10.4 Å². The highest BCUT2D eigenvalue weighted by Gasteiger charge is 2.40. The van der Waals surface area contributed by atoms with E-state index < -0.39 is 0 Å². The molecule has 2 aliphatic heterocycles. The van der Waals surface area contributed by atoms with Crippen LogP contribution in [0.4, 0.5) is 4.79 Å². The van der Waals surface area contributed by atoms with Crippen molar-refractivity contribution in [2.45, 2.75) is 18.4 Å². The predicted octanol–water partition coefficient (Wildman–Crippen LogP) is 0.839. The van der Waals surface area contributed by atoms with Crippen molar-refractivity contribution in [3.8, 4) is 0 Å². The Hall–Kier alpha value is -0.420. The van der Waals surface area contributed by atoms with Gasteiger partial charge in [-0.05, 0) is 24.3 Å². The highest BCUT2D eigenvalue weighted by Crippen LogP contribution is 2.32. The lowest BCUT2D eigenvalue weighted by atomic mass is 9.96. The molecule has 0 saturated carbocycles. The molecule has 0 radical (unpaired) electrons. The number of amides is 1. The quantitative estimate of drug-likeness (QED) is 0.632. The van der Waals surface area contributed by atoms with Crippen molar-refractivity contribution in [2.75, 3.05) is 25.1 Å². The topological polar surface area (TPSA) is 41.6 Å². The van der Waals surface area contributed by atoms with Gasteiger partial charge in [0.2, 0.25) is 0 Å². The van der Waals surface area contributed by atoms with E-state index in [1.54, 1.807) is 0 Å². The van der Waals surface area contributed by atoms with Crippen LogP contribution < -0.4 is 5.43 Å². The van der Waals surface area contributed by atoms with Crippen LogP contribution in [0.2, 0.25) is 0 Å². The van der Waals surface area contributed by atoms with E-state index >= 15 is 0 Å². The van der Waals surface area contributed by atoms with Crippen molar-refractivity contribution in [3.05, 3.63) is 0 Å². The lowest BCUT2D eigenvalue weighted by molar-refractivity contribution is -0.0645. The Balaban J connectivity index is 2.06. The first-order valence-electron chi connectivity index (χ1n) is 4.49. The number of carbonyl (C=O) groups excluding carboxylic acids is 1. The minimum atomic E-state index is -0.305. The normalized spacial score (nSPS) is 28.2. The first-order valence-corrected chi connectivity index (χ1v) is 5.64. The summed E-state index contributed by atoms with van der Waals surface area (Å²) >= 11 is 1.93. The molecule has 5 heteroatoms. The molecule has 2 rings (SSSR count). The van der Waals surface area contributed by atoms with Gasteiger partial charge in [0, 0.05) is 7.05 Å². The number of carbonyl (C=O) groups is 1. The van der Waals surface area contributed by atoms with Gasteiger partial charge in [0.05, 0.1) is 6.54 Å². The average molecular weight is 202 g/mol. The number of thioether (sulfide) groups is 1. The van der Waals surface area contributed by atoms with Crippen LogP contribution in [0, 0.1) is 0 Å². The summed E-state index contributed by atoms with van der Waals surface area (Å²) in [5.41, 5.74) is 2.41. The van der Waals surface area contributed by atoms with Crippen molar-refractivity contribution < 1.29 is 9.53 Å². The number of hydrazine groups is 1. The zero-order valence-corrected chi connectivity index (χ0v) is 8.52. The molecule has 0 aromatic rings. The Morgan fingerprint density at radius 2 is 2.23 bits per heavy atom. The number of hydrogen-bond acceptors (Lipinski definition) is 4. The summed E-state index contributed by atoms with van der Waals surface area (Å²) in [6.07, 6.45) is 1.66. The summed E-state index contributed by atoms with van der Waals surface area (Å²) < 4.78 is 5.38. The Kier molecular flexibility index (Phi) is 2.38. The van der Waals surface area contributed by atoms with Gasteiger partial charge in [-0.1, -0.05) is 0 Å². The SMILES string of the molecule is CN1CC2(CCSCC2)OC(=O)N1. The van der Waals surface area contributed by atoms with E-state index in [0.717, 1.165) is 30.9 Å². The third kappa shape index (κ3) is 1.91. The summed E-state index contributed by atoms with van der Waals surface area (Å²) in [7, 11) is 1.88. The van der Waals surface area contributed by atoms with E-state index in [4.69, 9.17) is 4.74 Å². The van der Waals surface area contributed by atoms with Gasteiger partial charge < -0.3 is 4.74 Å². The molecule has 1 spiro atoms. The smallest absolute Gasteiger partial charge is 0.422 e. The van der Waals surface area contributed by atoms with Gasteiger partial charge in [-0.15, -0.1) is 0 Å². The van der Waals surface area contributed by atoms with E-state index in [2.05, 4.69) is 5.43 Å². The molecule has 0 bridgehead atoms. The maximum atomic E-state index is 11.2. The van der Waals surface area contributed by atoms with Crippen LogP contribution in [-0.4, -0.2) is 41.8 Å². The predicted molar refractivity (Wildman–Crippen MR) is 51.5 cm³/mol. The van der Waals surface area contributed by atoms with Crippen LogP contribution in [0.5, 0.6) is 0 Å². The lowest BCUT2D eigenvalue weighted by Crippen LogP contribution is -2.59. The second kappa shape index (κ2) is 3.38. The lowest BCUT2D eigenvalue weighted by Gasteiger charge is -2.42. The van der Waals surface area contributed by atoms with Gasteiger partial charge in [-0.3, -0.25) is 5.43 Å². The highest BCUT2D eigenvalue weighted by molar-refractivity contribution is 7.99. The van der Waals surface area contributed by atoms with Gasteiger partial charge >= 0.3 is 6.09 Å². The Morgan fingerprint density at radius 1 is 1.54 bits per heavy atom. The third-order valence-electron chi connectivity index (χ3n) is 2.52. The maximum Gasteiger partial charge on any atom is 0.422 e. The van der Waals surface area contributed by atoms with Crippen LogP contribution in [0.15, 0.2) is 0 Å². The molecule has 1 amide bonds.